The van der Waals surface area contributed by atoms with E-state index in [0.717, 1.165) is 5.56 Å². The van der Waals surface area contributed by atoms with Crippen molar-refractivity contribution >= 4 is 45.5 Å². The quantitative estimate of drug-likeness (QED) is 0.173. The Balaban J connectivity index is 0.00000420. The maximum atomic E-state index is 11.7. The second-order valence-electron chi connectivity index (χ2n) is 6.21. The van der Waals surface area contributed by atoms with Gasteiger partial charge in [0.25, 0.3) is 0 Å². The molecular weight excluding hydrogens is 511 g/mol. The van der Waals surface area contributed by atoms with Gasteiger partial charge in [0.1, 0.15) is 12.4 Å². The number of nitrogens with zero attached hydrogens (tertiary/aromatic N) is 4. The fraction of sp³-hybridized carbons (Fsp3) is 0.412. The van der Waals surface area contributed by atoms with Crippen LogP contribution in [0.25, 0.3) is 0 Å². The summed E-state index contributed by atoms with van der Waals surface area (Å²) in [6, 6.07) is 5.16. The number of halogens is 1. The van der Waals surface area contributed by atoms with E-state index in [2.05, 4.69) is 20.7 Å². The van der Waals surface area contributed by atoms with Gasteiger partial charge in [-0.15, -0.1) is 24.0 Å². The monoisotopic (exact) mass is 536 g/mol. The molecular formula is C17H25IN6O4S. The first kappa shape index (κ1) is 24.8. The van der Waals surface area contributed by atoms with Gasteiger partial charge in [0, 0.05) is 19.3 Å². The molecule has 0 radical (unpaired) electrons. The highest BCUT2D eigenvalue weighted by Gasteiger charge is 2.11. The lowest BCUT2D eigenvalue weighted by molar-refractivity contribution is -0.385. The number of sulfone groups is 1. The van der Waals surface area contributed by atoms with Crippen LogP contribution in [0.3, 0.4) is 0 Å². The zero-order chi connectivity index (χ0) is 20.7. The van der Waals surface area contributed by atoms with Crippen molar-refractivity contribution in [3.05, 3.63) is 51.8 Å². The minimum absolute atomic E-state index is 0. The molecule has 29 heavy (non-hydrogen) atoms. The Morgan fingerprint density at radius 2 is 2.07 bits per heavy atom. The number of aryl methyl sites for hydroxylation is 1. The molecule has 0 atom stereocenters. The Morgan fingerprint density at radius 1 is 1.34 bits per heavy atom. The highest BCUT2D eigenvalue weighted by Crippen LogP contribution is 2.17. The van der Waals surface area contributed by atoms with Crippen molar-refractivity contribution in [2.24, 2.45) is 4.99 Å². The number of guanidine groups is 1. The second-order valence-corrected chi connectivity index (χ2v) is 8.20. The molecule has 0 saturated carbocycles. The van der Waals surface area contributed by atoms with Crippen LogP contribution >= 0.6 is 24.0 Å². The smallest absolute Gasteiger partial charge is 0.306 e. The van der Waals surface area contributed by atoms with E-state index in [1.165, 1.54) is 23.3 Å². The highest BCUT2D eigenvalue weighted by molar-refractivity contribution is 14.0. The van der Waals surface area contributed by atoms with Gasteiger partial charge in [-0.3, -0.25) is 14.8 Å². The number of rotatable bonds is 8. The predicted octanol–water partition coefficient (Wildman–Crippen LogP) is 1.88. The van der Waals surface area contributed by atoms with E-state index in [-0.39, 0.29) is 29.7 Å². The summed E-state index contributed by atoms with van der Waals surface area (Å²) in [5.41, 5.74) is 1.53. The molecule has 0 spiro atoms. The van der Waals surface area contributed by atoms with Gasteiger partial charge >= 0.3 is 5.69 Å². The lowest BCUT2D eigenvalue weighted by atomic mass is 10.1. The van der Waals surface area contributed by atoms with Gasteiger partial charge in [0.2, 0.25) is 0 Å². The van der Waals surface area contributed by atoms with Crippen LogP contribution in [0.5, 0.6) is 0 Å². The Labute approximate surface area is 186 Å². The largest absolute Gasteiger partial charge is 0.357 e. The molecule has 0 fully saturated rings. The first-order valence-electron chi connectivity index (χ1n) is 8.69. The van der Waals surface area contributed by atoms with Gasteiger partial charge < -0.3 is 10.6 Å². The third-order valence-corrected chi connectivity index (χ3v) is 5.12. The molecule has 0 aliphatic rings. The van der Waals surface area contributed by atoms with E-state index >= 15 is 0 Å². The maximum absolute atomic E-state index is 11.7. The third kappa shape index (κ3) is 7.61. The number of aromatic nitrogens is 2. The zero-order valence-corrected chi connectivity index (χ0v) is 19.6. The molecule has 0 saturated heterocycles. The minimum atomic E-state index is -3.24. The number of benzene rings is 1. The third-order valence-electron chi connectivity index (χ3n) is 3.87. The van der Waals surface area contributed by atoms with E-state index in [1.54, 1.807) is 19.1 Å². The van der Waals surface area contributed by atoms with Crippen molar-refractivity contribution in [3.8, 4) is 0 Å². The molecule has 160 valence electrons. The van der Waals surface area contributed by atoms with Gasteiger partial charge in [0.15, 0.2) is 15.8 Å². The van der Waals surface area contributed by atoms with Crippen LogP contribution in [0.15, 0.2) is 40.5 Å². The van der Waals surface area contributed by atoms with Crippen LogP contribution in [-0.2, 0) is 22.9 Å². The van der Waals surface area contributed by atoms with Gasteiger partial charge in [0.05, 0.1) is 22.9 Å². The predicted molar refractivity (Wildman–Crippen MR) is 121 cm³/mol. The first-order chi connectivity index (χ1) is 13.2. The van der Waals surface area contributed by atoms with Crippen LogP contribution in [0.1, 0.15) is 18.1 Å². The molecule has 0 aliphatic carbocycles. The summed E-state index contributed by atoms with van der Waals surface area (Å²) in [6.45, 7) is 5.69. The van der Waals surface area contributed by atoms with E-state index < -0.39 is 14.8 Å². The normalized spacial score (nSPS) is 11.6. The Kier molecular flexibility index (Phi) is 9.49. The fourth-order valence-corrected chi connectivity index (χ4v) is 3.56. The summed E-state index contributed by atoms with van der Waals surface area (Å²) in [5.74, 6) is 0.592. The number of nitro groups is 1. The standard InChI is InChI=1S/C17H24N6O4S.HI/c1-4-18-17(19-7-8-22-12-15(11-21-22)23(24)25)20-10-14-5-6-16(13(2)9-14)28(3,26)27;/h5-6,9,11-12H,4,7-8,10H2,1-3H3,(H2,18,19,20);1H. The van der Waals surface area contributed by atoms with Crippen molar-refractivity contribution in [1.82, 2.24) is 20.4 Å². The molecule has 0 amide bonds. The summed E-state index contributed by atoms with van der Waals surface area (Å²) in [4.78, 5) is 15.0. The highest BCUT2D eigenvalue weighted by atomic mass is 127. The minimum Gasteiger partial charge on any atom is -0.357 e. The summed E-state index contributed by atoms with van der Waals surface area (Å²) >= 11 is 0. The Bertz CT molecular complexity index is 974. The Morgan fingerprint density at radius 3 is 2.62 bits per heavy atom. The van der Waals surface area contributed by atoms with Crippen LogP contribution in [-0.4, -0.2) is 48.4 Å². The molecule has 0 bridgehead atoms. The van der Waals surface area contributed by atoms with Crippen molar-refractivity contribution in [1.29, 1.82) is 0 Å². The lowest BCUT2D eigenvalue weighted by Crippen LogP contribution is -2.38. The topological polar surface area (TPSA) is 132 Å². The van der Waals surface area contributed by atoms with Crippen LogP contribution < -0.4 is 10.6 Å². The fourth-order valence-electron chi connectivity index (χ4n) is 2.60. The molecule has 1 aromatic heterocycles. The van der Waals surface area contributed by atoms with Crippen molar-refractivity contribution in [2.75, 3.05) is 19.3 Å². The average Bonchev–Trinajstić information content (AvgIpc) is 3.08. The van der Waals surface area contributed by atoms with Gasteiger partial charge in [-0.2, -0.15) is 5.10 Å². The van der Waals surface area contributed by atoms with E-state index in [4.69, 9.17) is 0 Å². The average molecular weight is 536 g/mol. The van der Waals surface area contributed by atoms with Gasteiger partial charge in [-0.25, -0.2) is 13.4 Å². The van der Waals surface area contributed by atoms with Crippen LogP contribution in [0.2, 0.25) is 0 Å². The molecule has 12 heteroatoms. The SMILES string of the molecule is CCNC(=NCc1ccc(S(C)(=O)=O)c(C)c1)NCCn1cc([N+](=O)[O-])cn1.I. The first-order valence-corrected chi connectivity index (χ1v) is 10.6. The Hall–Kier alpha value is -2.22. The molecule has 2 N–H and O–H groups in total. The maximum Gasteiger partial charge on any atom is 0.306 e. The van der Waals surface area contributed by atoms with Crippen molar-refractivity contribution < 1.29 is 13.3 Å². The summed E-state index contributed by atoms with van der Waals surface area (Å²) in [6.07, 6.45) is 3.77. The summed E-state index contributed by atoms with van der Waals surface area (Å²) in [5, 5.41) is 20.9. The number of hydrogen-bond acceptors (Lipinski definition) is 6. The van der Waals surface area contributed by atoms with E-state index in [1.807, 2.05) is 13.0 Å². The summed E-state index contributed by atoms with van der Waals surface area (Å²) < 4.78 is 24.9. The number of aliphatic imine (C=N–C) groups is 1. The molecule has 2 rings (SSSR count). The molecule has 2 aromatic rings. The molecule has 1 heterocycles. The molecule has 10 nitrogen and oxygen atoms in total. The molecule has 0 aliphatic heterocycles. The molecule has 0 unspecified atom stereocenters. The zero-order valence-electron chi connectivity index (χ0n) is 16.5. The van der Waals surface area contributed by atoms with E-state index in [9.17, 15) is 18.5 Å². The van der Waals surface area contributed by atoms with Gasteiger partial charge in [-0.1, -0.05) is 12.1 Å². The van der Waals surface area contributed by atoms with Crippen molar-refractivity contribution in [3.63, 3.8) is 0 Å². The van der Waals surface area contributed by atoms with Crippen LogP contribution in [0, 0.1) is 17.0 Å². The second kappa shape index (κ2) is 11.1. The summed E-state index contributed by atoms with van der Waals surface area (Å²) in [7, 11) is -3.24. The lowest BCUT2D eigenvalue weighted by Gasteiger charge is -2.11. The van der Waals surface area contributed by atoms with Crippen LogP contribution in [0.4, 0.5) is 5.69 Å². The number of nitrogens with one attached hydrogen (secondary N) is 2. The molecule has 1 aromatic carbocycles. The number of hydrogen-bond donors (Lipinski definition) is 2. The van der Waals surface area contributed by atoms with Crippen molar-refractivity contribution in [2.45, 2.75) is 31.8 Å². The van der Waals surface area contributed by atoms with E-state index in [0.29, 0.717) is 42.6 Å². The van der Waals surface area contributed by atoms with Gasteiger partial charge in [-0.05, 0) is 31.0 Å².